The van der Waals surface area contributed by atoms with E-state index >= 15 is 0 Å². The largest absolute Gasteiger partial charge is 0.351 e. The van der Waals surface area contributed by atoms with Crippen molar-refractivity contribution < 1.29 is 9.59 Å². The molecule has 6 heteroatoms. The van der Waals surface area contributed by atoms with Crippen molar-refractivity contribution in [3.05, 3.63) is 29.8 Å². The first-order valence-corrected chi connectivity index (χ1v) is 7.75. The SMILES string of the molecule is NCCNC(=O)c1ccccc1NC(=O)[C@@H]1CCC[C@@H]1CN. The topological polar surface area (TPSA) is 110 Å². The highest BCUT2D eigenvalue weighted by Crippen LogP contribution is 2.32. The predicted octanol–water partition coefficient (Wildman–Crippen LogP) is 0.689. The maximum atomic E-state index is 12.5. The van der Waals surface area contributed by atoms with E-state index < -0.39 is 0 Å². The van der Waals surface area contributed by atoms with Gasteiger partial charge in [0, 0.05) is 19.0 Å². The molecule has 120 valence electrons. The Bertz CT molecular complexity index is 533. The number of carbonyl (C=O) groups excluding carboxylic acids is 2. The van der Waals surface area contributed by atoms with Gasteiger partial charge < -0.3 is 22.1 Å². The Balaban J connectivity index is 2.09. The van der Waals surface area contributed by atoms with Gasteiger partial charge in [0.1, 0.15) is 0 Å². The van der Waals surface area contributed by atoms with Crippen LogP contribution in [-0.2, 0) is 4.79 Å². The first-order valence-electron chi connectivity index (χ1n) is 7.75. The monoisotopic (exact) mass is 304 g/mol. The standard InChI is InChI=1S/C16H24N4O2/c17-8-9-19-15(21)13-5-1-2-7-14(13)20-16(22)12-6-3-4-11(12)10-18/h1-2,5,7,11-12H,3-4,6,8-10,17-18H2,(H,19,21)(H,20,22)/t11-,12-/m1/s1. The fraction of sp³-hybridized carbons (Fsp3) is 0.500. The van der Waals surface area contributed by atoms with Gasteiger partial charge >= 0.3 is 0 Å². The van der Waals surface area contributed by atoms with Gasteiger partial charge in [-0.1, -0.05) is 18.6 Å². The molecular formula is C16H24N4O2. The van der Waals surface area contributed by atoms with Gasteiger partial charge in [0.05, 0.1) is 11.3 Å². The average Bonchev–Trinajstić information content (AvgIpc) is 3.01. The van der Waals surface area contributed by atoms with Gasteiger partial charge in [-0.15, -0.1) is 0 Å². The molecule has 6 N–H and O–H groups in total. The number of anilines is 1. The van der Waals surface area contributed by atoms with E-state index in [9.17, 15) is 9.59 Å². The molecule has 1 aromatic rings. The van der Waals surface area contributed by atoms with Crippen molar-refractivity contribution >= 4 is 17.5 Å². The molecule has 0 aliphatic heterocycles. The molecule has 0 aromatic heterocycles. The van der Waals surface area contributed by atoms with E-state index in [0.29, 0.717) is 30.9 Å². The highest BCUT2D eigenvalue weighted by Gasteiger charge is 2.32. The molecule has 1 aromatic carbocycles. The molecule has 0 saturated heterocycles. The Kier molecular flexibility index (Phi) is 5.91. The second-order valence-corrected chi connectivity index (χ2v) is 5.61. The minimum absolute atomic E-state index is 0.0491. The fourth-order valence-corrected chi connectivity index (χ4v) is 2.96. The van der Waals surface area contributed by atoms with E-state index in [1.807, 2.05) is 0 Å². The van der Waals surface area contributed by atoms with Crippen LogP contribution in [0.4, 0.5) is 5.69 Å². The van der Waals surface area contributed by atoms with Crippen molar-refractivity contribution in [3.63, 3.8) is 0 Å². The Morgan fingerprint density at radius 1 is 1.18 bits per heavy atom. The molecule has 2 amide bonds. The molecule has 0 spiro atoms. The zero-order chi connectivity index (χ0) is 15.9. The third-order valence-electron chi connectivity index (χ3n) is 4.16. The van der Waals surface area contributed by atoms with E-state index in [2.05, 4.69) is 10.6 Å². The molecule has 2 rings (SSSR count). The predicted molar refractivity (Wildman–Crippen MR) is 86.3 cm³/mol. The van der Waals surface area contributed by atoms with Crippen molar-refractivity contribution in [1.82, 2.24) is 5.32 Å². The van der Waals surface area contributed by atoms with Crippen LogP contribution in [0.25, 0.3) is 0 Å². The smallest absolute Gasteiger partial charge is 0.253 e. The van der Waals surface area contributed by atoms with Gasteiger partial charge in [-0.2, -0.15) is 0 Å². The summed E-state index contributed by atoms with van der Waals surface area (Å²) in [5.41, 5.74) is 12.1. The van der Waals surface area contributed by atoms with Crippen LogP contribution in [0.2, 0.25) is 0 Å². The van der Waals surface area contributed by atoms with Crippen molar-refractivity contribution in [1.29, 1.82) is 0 Å². The molecule has 22 heavy (non-hydrogen) atoms. The lowest BCUT2D eigenvalue weighted by atomic mass is 9.95. The first-order chi connectivity index (χ1) is 10.7. The molecule has 0 heterocycles. The third kappa shape index (κ3) is 3.84. The molecule has 1 fully saturated rings. The van der Waals surface area contributed by atoms with Gasteiger partial charge in [0.2, 0.25) is 5.91 Å². The number of benzene rings is 1. The lowest BCUT2D eigenvalue weighted by molar-refractivity contribution is -0.120. The highest BCUT2D eigenvalue weighted by atomic mass is 16.2. The van der Waals surface area contributed by atoms with Gasteiger partial charge in [-0.05, 0) is 37.4 Å². The molecule has 2 atom stereocenters. The van der Waals surface area contributed by atoms with Crippen molar-refractivity contribution in [2.45, 2.75) is 19.3 Å². The zero-order valence-electron chi connectivity index (χ0n) is 12.7. The summed E-state index contributed by atoms with van der Waals surface area (Å²) in [4.78, 5) is 24.6. The first kappa shape index (κ1) is 16.5. The molecule has 6 nitrogen and oxygen atoms in total. The van der Waals surface area contributed by atoms with Crippen LogP contribution in [0, 0.1) is 11.8 Å². The summed E-state index contributed by atoms with van der Waals surface area (Å²) in [7, 11) is 0. The summed E-state index contributed by atoms with van der Waals surface area (Å²) in [5, 5.41) is 5.60. The second kappa shape index (κ2) is 7.91. The van der Waals surface area contributed by atoms with Crippen LogP contribution < -0.4 is 22.1 Å². The average molecular weight is 304 g/mol. The summed E-state index contributed by atoms with van der Waals surface area (Å²) in [5.74, 6) is -0.112. The van der Waals surface area contributed by atoms with Crippen LogP contribution >= 0.6 is 0 Å². The molecule has 0 bridgehead atoms. The van der Waals surface area contributed by atoms with Crippen molar-refractivity contribution in [3.8, 4) is 0 Å². The minimum atomic E-state index is -0.233. The number of nitrogens with two attached hydrogens (primary N) is 2. The Labute approximate surface area is 130 Å². The molecule has 0 unspecified atom stereocenters. The number of rotatable bonds is 6. The Morgan fingerprint density at radius 2 is 1.95 bits per heavy atom. The molecule has 1 aliphatic rings. The number of para-hydroxylation sites is 1. The van der Waals surface area contributed by atoms with E-state index in [1.165, 1.54) is 0 Å². The number of hydrogen-bond donors (Lipinski definition) is 4. The van der Waals surface area contributed by atoms with Gasteiger partial charge in [-0.3, -0.25) is 9.59 Å². The van der Waals surface area contributed by atoms with Gasteiger partial charge in [0.15, 0.2) is 0 Å². The van der Waals surface area contributed by atoms with Crippen LogP contribution in [0.1, 0.15) is 29.6 Å². The summed E-state index contributed by atoms with van der Waals surface area (Å²) >= 11 is 0. The molecular weight excluding hydrogens is 280 g/mol. The normalized spacial score (nSPS) is 20.6. The van der Waals surface area contributed by atoms with E-state index in [4.69, 9.17) is 11.5 Å². The van der Waals surface area contributed by atoms with Crippen molar-refractivity contribution in [2.24, 2.45) is 23.3 Å². The maximum absolute atomic E-state index is 12.5. The third-order valence-corrected chi connectivity index (χ3v) is 4.16. The summed E-state index contributed by atoms with van der Waals surface area (Å²) in [6.45, 7) is 1.30. The summed E-state index contributed by atoms with van der Waals surface area (Å²) in [6.07, 6.45) is 2.88. The number of amides is 2. The van der Waals surface area contributed by atoms with Crippen LogP contribution in [-0.4, -0.2) is 31.4 Å². The summed E-state index contributed by atoms with van der Waals surface area (Å²) in [6, 6.07) is 6.99. The highest BCUT2D eigenvalue weighted by molar-refractivity contribution is 6.04. The number of carbonyl (C=O) groups is 2. The van der Waals surface area contributed by atoms with Crippen LogP contribution in [0.5, 0.6) is 0 Å². The Morgan fingerprint density at radius 3 is 2.68 bits per heavy atom. The van der Waals surface area contributed by atoms with Crippen LogP contribution in [0.3, 0.4) is 0 Å². The maximum Gasteiger partial charge on any atom is 0.253 e. The number of nitrogens with one attached hydrogen (secondary N) is 2. The number of hydrogen-bond acceptors (Lipinski definition) is 4. The lowest BCUT2D eigenvalue weighted by Crippen LogP contribution is -2.32. The quantitative estimate of drug-likeness (QED) is 0.619. The van der Waals surface area contributed by atoms with Crippen LogP contribution in [0.15, 0.2) is 24.3 Å². The van der Waals surface area contributed by atoms with Crippen molar-refractivity contribution in [2.75, 3.05) is 25.0 Å². The van der Waals surface area contributed by atoms with E-state index in [1.54, 1.807) is 24.3 Å². The minimum Gasteiger partial charge on any atom is -0.351 e. The zero-order valence-corrected chi connectivity index (χ0v) is 12.7. The van der Waals surface area contributed by atoms with Gasteiger partial charge in [0.25, 0.3) is 5.91 Å². The lowest BCUT2D eigenvalue weighted by Gasteiger charge is -2.18. The second-order valence-electron chi connectivity index (χ2n) is 5.61. The molecule has 1 aliphatic carbocycles. The van der Waals surface area contributed by atoms with Gasteiger partial charge in [-0.25, -0.2) is 0 Å². The summed E-state index contributed by atoms with van der Waals surface area (Å²) < 4.78 is 0. The molecule has 1 saturated carbocycles. The van der Waals surface area contributed by atoms with E-state index in [-0.39, 0.29) is 23.7 Å². The Hall–Kier alpha value is -1.92. The van der Waals surface area contributed by atoms with E-state index in [0.717, 1.165) is 19.3 Å². The molecule has 0 radical (unpaired) electrons. The fourth-order valence-electron chi connectivity index (χ4n) is 2.96.